The molecule has 2 aromatic carbocycles. The average Bonchev–Trinajstić information content (AvgIpc) is 3.08. The van der Waals surface area contributed by atoms with Gasteiger partial charge >= 0.3 is 0 Å². The number of piperidine rings is 1. The number of aromatic nitrogens is 2. The van der Waals surface area contributed by atoms with E-state index in [1.165, 1.54) is 5.56 Å². The summed E-state index contributed by atoms with van der Waals surface area (Å²) in [5.74, 6) is 0.302. The molecule has 0 N–H and O–H groups in total. The van der Waals surface area contributed by atoms with Crippen molar-refractivity contribution in [2.24, 2.45) is 5.92 Å². The Kier molecular flexibility index (Phi) is 6.52. The van der Waals surface area contributed by atoms with Crippen LogP contribution >= 0.6 is 0 Å². The van der Waals surface area contributed by atoms with Crippen LogP contribution in [0.1, 0.15) is 35.4 Å². The summed E-state index contributed by atoms with van der Waals surface area (Å²) in [5.41, 5.74) is 5.57. The Labute approximate surface area is 185 Å². The van der Waals surface area contributed by atoms with Crippen LogP contribution < -0.4 is 0 Å². The maximum atomic E-state index is 13.3. The third-order valence-corrected chi connectivity index (χ3v) is 6.32. The molecule has 4 rings (SSSR count). The second-order valence-corrected chi connectivity index (χ2v) is 8.65. The van der Waals surface area contributed by atoms with E-state index >= 15 is 0 Å². The van der Waals surface area contributed by atoms with Gasteiger partial charge in [-0.05, 0) is 50.9 Å². The van der Waals surface area contributed by atoms with E-state index in [1.807, 2.05) is 47.8 Å². The number of benzene rings is 2. The molecule has 1 amide bonds. The molecular formula is C26H32N4O. The Bertz CT molecular complexity index is 1010. The van der Waals surface area contributed by atoms with E-state index in [2.05, 4.69) is 48.2 Å². The predicted molar refractivity (Wildman–Crippen MR) is 124 cm³/mol. The number of hydrogen-bond acceptors (Lipinski definition) is 3. The first-order chi connectivity index (χ1) is 15.0. The fraction of sp³-hybridized carbons (Fsp3) is 0.385. The van der Waals surface area contributed by atoms with E-state index in [4.69, 9.17) is 5.10 Å². The van der Waals surface area contributed by atoms with Gasteiger partial charge in [0.05, 0.1) is 17.3 Å². The summed E-state index contributed by atoms with van der Waals surface area (Å²) in [7, 11) is 1.93. The van der Waals surface area contributed by atoms with Crippen LogP contribution in [-0.4, -0.2) is 45.6 Å². The third kappa shape index (κ3) is 4.88. The van der Waals surface area contributed by atoms with Crippen molar-refractivity contribution in [3.63, 3.8) is 0 Å². The number of rotatable bonds is 6. The van der Waals surface area contributed by atoms with Crippen molar-refractivity contribution in [2.45, 2.75) is 39.8 Å². The molecule has 3 aromatic rings. The second-order valence-electron chi connectivity index (χ2n) is 8.65. The van der Waals surface area contributed by atoms with Crippen molar-refractivity contribution in [3.8, 4) is 5.69 Å². The molecule has 1 atom stereocenters. The van der Waals surface area contributed by atoms with Crippen LogP contribution in [0.3, 0.4) is 0 Å². The van der Waals surface area contributed by atoms with Gasteiger partial charge in [0.1, 0.15) is 0 Å². The lowest BCUT2D eigenvalue weighted by atomic mass is 9.96. The average molecular weight is 417 g/mol. The fourth-order valence-electron chi connectivity index (χ4n) is 4.59. The second kappa shape index (κ2) is 9.48. The van der Waals surface area contributed by atoms with Crippen LogP contribution in [0.5, 0.6) is 0 Å². The van der Waals surface area contributed by atoms with Crippen molar-refractivity contribution >= 4 is 5.91 Å². The molecule has 162 valence electrons. The molecule has 0 saturated carbocycles. The molecule has 0 bridgehead atoms. The zero-order valence-electron chi connectivity index (χ0n) is 18.8. The van der Waals surface area contributed by atoms with E-state index in [0.717, 1.165) is 55.1 Å². The molecule has 1 aliphatic rings. The van der Waals surface area contributed by atoms with Gasteiger partial charge in [0.25, 0.3) is 0 Å². The smallest absolute Gasteiger partial charge is 0.227 e. The monoisotopic (exact) mass is 416 g/mol. The summed E-state index contributed by atoms with van der Waals surface area (Å²) < 4.78 is 1.98. The number of carbonyl (C=O) groups excluding carboxylic acids is 1. The first kappa shape index (κ1) is 21.3. The zero-order valence-corrected chi connectivity index (χ0v) is 18.8. The molecule has 5 nitrogen and oxygen atoms in total. The van der Waals surface area contributed by atoms with Crippen LogP contribution in [0, 0.1) is 19.8 Å². The van der Waals surface area contributed by atoms with Crippen molar-refractivity contribution in [1.82, 2.24) is 19.6 Å². The summed E-state index contributed by atoms with van der Waals surface area (Å²) in [6.45, 7) is 7.52. The standard InChI is InChI=1S/C26H32N4O/c1-20-25(21(2)30(27-20)24-14-8-5-9-15-24)19-28(3)26(31)23-13-10-16-29(18-23)17-22-11-6-4-7-12-22/h4-9,11-12,14-15,23H,10,13,16-19H2,1-3H3. The van der Waals surface area contributed by atoms with Crippen LogP contribution in [0.2, 0.25) is 0 Å². The first-order valence-electron chi connectivity index (χ1n) is 11.1. The van der Waals surface area contributed by atoms with Gasteiger partial charge in [-0.15, -0.1) is 0 Å². The minimum absolute atomic E-state index is 0.0623. The summed E-state index contributed by atoms with van der Waals surface area (Å²) >= 11 is 0. The molecule has 1 unspecified atom stereocenters. The maximum Gasteiger partial charge on any atom is 0.227 e. The number of hydrogen-bond donors (Lipinski definition) is 0. The third-order valence-electron chi connectivity index (χ3n) is 6.32. The van der Waals surface area contributed by atoms with Crippen LogP contribution in [0.4, 0.5) is 0 Å². The quantitative estimate of drug-likeness (QED) is 0.600. The SMILES string of the molecule is Cc1nn(-c2ccccc2)c(C)c1CN(C)C(=O)C1CCCN(Cc2ccccc2)C1. The van der Waals surface area contributed by atoms with Gasteiger partial charge in [0.15, 0.2) is 0 Å². The maximum absolute atomic E-state index is 13.3. The van der Waals surface area contributed by atoms with E-state index in [0.29, 0.717) is 6.54 Å². The summed E-state index contributed by atoms with van der Waals surface area (Å²) in [6, 6.07) is 20.7. The van der Waals surface area contributed by atoms with Crippen LogP contribution in [0.25, 0.3) is 5.69 Å². The number of likely N-dealkylation sites (tertiary alicyclic amines) is 1. The molecule has 1 aliphatic heterocycles. The minimum atomic E-state index is 0.0623. The Hall–Kier alpha value is -2.92. The van der Waals surface area contributed by atoms with Gasteiger partial charge in [-0.3, -0.25) is 9.69 Å². The molecular weight excluding hydrogens is 384 g/mol. The molecule has 0 aliphatic carbocycles. The minimum Gasteiger partial charge on any atom is -0.341 e. The molecule has 0 spiro atoms. The Morgan fingerprint density at radius 1 is 1.06 bits per heavy atom. The van der Waals surface area contributed by atoms with Crippen LogP contribution in [0.15, 0.2) is 60.7 Å². The van der Waals surface area contributed by atoms with E-state index in [1.54, 1.807) is 0 Å². The normalized spacial score (nSPS) is 16.9. The molecule has 1 aromatic heterocycles. The number of amides is 1. The molecule has 0 radical (unpaired) electrons. The highest BCUT2D eigenvalue weighted by Crippen LogP contribution is 2.23. The predicted octanol–water partition coefficient (Wildman–Crippen LogP) is 4.36. The lowest BCUT2D eigenvalue weighted by Gasteiger charge is -2.34. The summed E-state index contributed by atoms with van der Waals surface area (Å²) in [4.78, 5) is 17.6. The molecule has 1 saturated heterocycles. The Morgan fingerprint density at radius 2 is 1.74 bits per heavy atom. The highest BCUT2D eigenvalue weighted by atomic mass is 16.2. The van der Waals surface area contributed by atoms with E-state index in [-0.39, 0.29) is 11.8 Å². The van der Waals surface area contributed by atoms with Crippen molar-refractivity contribution in [3.05, 3.63) is 83.2 Å². The highest BCUT2D eigenvalue weighted by molar-refractivity contribution is 5.79. The Morgan fingerprint density at radius 3 is 2.45 bits per heavy atom. The van der Waals surface area contributed by atoms with E-state index < -0.39 is 0 Å². The number of aryl methyl sites for hydroxylation is 1. The topological polar surface area (TPSA) is 41.4 Å². The lowest BCUT2D eigenvalue weighted by molar-refractivity contribution is -0.136. The molecule has 5 heteroatoms. The van der Waals surface area contributed by atoms with Gasteiger partial charge in [-0.1, -0.05) is 48.5 Å². The summed E-state index contributed by atoms with van der Waals surface area (Å²) in [6.07, 6.45) is 2.04. The lowest BCUT2D eigenvalue weighted by Crippen LogP contribution is -2.43. The highest BCUT2D eigenvalue weighted by Gasteiger charge is 2.28. The zero-order chi connectivity index (χ0) is 21.8. The number of carbonyl (C=O) groups is 1. The van der Waals surface area contributed by atoms with Gasteiger partial charge in [0, 0.05) is 37.9 Å². The van der Waals surface area contributed by atoms with E-state index in [9.17, 15) is 4.79 Å². The fourth-order valence-corrected chi connectivity index (χ4v) is 4.59. The van der Waals surface area contributed by atoms with Crippen molar-refractivity contribution in [2.75, 3.05) is 20.1 Å². The van der Waals surface area contributed by atoms with Gasteiger partial charge in [-0.25, -0.2) is 4.68 Å². The van der Waals surface area contributed by atoms with Crippen molar-refractivity contribution < 1.29 is 4.79 Å². The largest absolute Gasteiger partial charge is 0.341 e. The molecule has 2 heterocycles. The van der Waals surface area contributed by atoms with Crippen molar-refractivity contribution in [1.29, 1.82) is 0 Å². The Balaban J connectivity index is 1.42. The van der Waals surface area contributed by atoms with Crippen LogP contribution in [-0.2, 0) is 17.9 Å². The first-order valence-corrected chi connectivity index (χ1v) is 11.1. The number of para-hydroxylation sites is 1. The van der Waals surface area contributed by atoms with Gasteiger partial charge < -0.3 is 4.90 Å². The molecule has 31 heavy (non-hydrogen) atoms. The van der Waals surface area contributed by atoms with Gasteiger partial charge in [-0.2, -0.15) is 5.10 Å². The molecule has 1 fully saturated rings. The summed E-state index contributed by atoms with van der Waals surface area (Å²) in [5, 5.41) is 4.73. The van der Waals surface area contributed by atoms with Gasteiger partial charge in [0.2, 0.25) is 5.91 Å². The number of nitrogens with zero attached hydrogens (tertiary/aromatic N) is 4.